The molecule has 18 heavy (non-hydrogen) atoms. The molecule has 1 rings (SSSR count). The van der Waals surface area contributed by atoms with Gasteiger partial charge >= 0.3 is 12.0 Å². The first-order valence-corrected chi connectivity index (χ1v) is 5.47. The predicted octanol–water partition coefficient (Wildman–Crippen LogP) is 1.64. The minimum Gasteiger partial charge on any atom is -0.439 e. The Morgan fingerprint density at radius 3 is 2.56 bits per heavy atom. The minimum absolute atomic E-state index is 0.280. The van der Waals surface area contributed by atoms with Crippen molar-refractivity contribution in [1.29, 1.82) is 0 Å². The second kappa shape index (κ2) is 6.44. The lowest BCUT2D eigenvalue weighted by Gasteiger charge is -2.26. The number of carbonyl (C=O) groups is 2. The van der Waals surface area contributed by atoms with Crippen molar-refractivity contribution in [3.63, 3.8) is 0 Å². The molecular weight excluding hydrogens is 232 g/mol. The molecule has 96 valence electrons. The summed E-state index contributed by atoms with van der Waals surface area (Å²) in [6, 6.07) is 8.65. The molecule has 1 unspecified atom stereocenters. The van der Waals surface area contributed by atoms with Crippen LogP contribution in [0.5, 0.6) is 0 Å². The van der Waals surface area contributed by atoms with Gasteiger partial charge in [-0.1, -0.05) is 36.9 Å². The Bertz CT molecular complexity index is 431. The Morgan fingerprint density at radius 2 is 2.06 bits per heavy atom. The van der Waals surface area contributed by atoms with Crippen molar-refractivity contribution >= 4 is 12.0 Å². The third kappa shape index (κ3) is 3.93. The summed E-state index contributed by atoms with van der Waals surface area (Å²) in [6.45, 7) is 5.15. The third-order valence-corrected chi connectivity index (χ3v) is 2.37. The van der Waals surface area contributed by atoms with Gasteiger partial charge in [-0.2, -0.15) is 0 Å². The molecule has 0 bridgehead atoms. The normalized spacial score (nSPS) is 11.4. The highest BCUT2D eigenvalue weighted by Crippen LogP contribution is 2.09. The monoisotopic (exact) mass is 248 g/mol. The van der Waals surface area contributed by atoms with E-state index in [2.05, 4.69) is 6.58 Å². The average Bonchev–Trinajstić information content (AvgIpc) is 2.36. The molecule has 0 aliphatic carbocycles. The van der Waals surface area contributed by atoms with Gasteiger partial charge in [-0.25, -0.2) is 9.59 Å². The number of nitrogens with zero attached hydrogens (tertiary/aromatic N) is 1. The van der Waals surface area contributed by atoms with Gasteiger partial charge in [0.15, 0.2) is 6.23 Å². The van der Waals surface area contributed by atoms with E-state index in [0.717, 1.165) is 11.6 Å². The largest absolute Gasteiger partial charge is 0.439 e. The maximum absolute atomic E-state index is 11.3. The first-order chi connectivity index (χ1) is 8.54. The van der Waals surface area contributed by atoms with E-state index in [1.807, 2.05) is 30.3 Å². The summed E-state index contributed by atoms with van der Waals surface area (Å²) in [6.07, 6.45) is 0.297. The van der Waals surface area contributed by atoms with Crippen LogP contribution in [0.15, 0.2) is 43.0 Å². The van der Waals surface area contributed by atoms with E-state index in [0.29, 0.717) is 0 Å². The molecule has 0 spiro atoms. The summed E-state index contributed by atoms with van der Waals surface area (Å²) < 4.78 is 4.96. The van der Waals surface area contributed by atoms with Crippen molar-refractivity contribution in [3.05, 3.63) is 48.6 Å². The van der Waals surface area contributed by atoms with E-state index in [4.69, 9.17) is 10.5 Å². The number of primary amides is 1. The highest BCUT2D eigenvalue weighted by atomic mass is 16.6. The topological polar surface area (TPSA) is 72.6 Å². The summed E-state index contributed by atoms with van der Waals surface area (Å²) in [5, 5.41) is 0. The Labute approximate surface area is 106 Å². The number of rotatable bonds is 5. The van der Waals surface area contributed by atoms with E-state index in [1.165, 1.54) is 4.90 Å². The first kappa shape index (κ1) is 13.8. The summed E-state index contributed by atoms with van der Waals surface area (Å²) in [7, 11) is 0. The Balaban J connectivity index is 2.74. The molecule has 0 fully saturated rings. The molecule has 0 saturated carbocycles. The molecule has 2 amide bonds. The fourth-order valence-electron chi connectivity index (χ4n) is 1.45. The van der Waals surface area contributed by atoms with Gasteiger partial charge in [0, 0.05) is 6.08 Å². The molecule has 2 N–H and O–H groups in total. The van der Waals surface area contributed by atoms with Crippen LogP contribution in [0.2, 0.25) is 0 Å². The smallest absolute Gasteiger partial charge is 0.332 e. The average molecular weight is 248 g/mol. The molecule has 1 aromatic carbocycles. The van der Waals surface area contributed by atoms with Crippen LogP contribution in [0.3, 0.4) is 0 Å². The highest BCUT2D eigenvalue weighted by Gasteiger charge is 2.20. The zero-order valence-corrected chi connectivity index (χ0v) is 10.2. The van der Waals surface area contributed by atoms with Gasteiger partial charge in [-0.15, -0.1) is 0 Å². The summed E-state index contributed by atoms with van der Waals surface area (Å²) in [5.41, 5.74) is 6.17. The predicted molar refractivity (Wildman–Crippen MR) is 67.3 cm³/mol. The van der Waals surface area contributed by atoms with E-state index < -0.39 is 18.2 Å². The zero-order chi connectivity index (χ0) is 13.5. The third-order valence-electron chi connectivity index (χ3n) is 2.37. The second-order valence-electron chi connectivity index (χ2n) is 3.69. The molecule has 5 nitrogen and oxygen atoms in total. The maximum atomic E-state index is 11.3. The SMILES string of the molecule is C=CC(=O)OC(C)N(Cc1ccccc1)C(N)=O. The number of amides is 2. The Kier molecular flexibility index (Phi) is 4.92. The number of hydrogen-bond acceptors (Lipinski definition) is 3. The standard InChI is InChI=1S/C13H16N2O3/c1-3-12(16)18-10(2)15(13(14)17)9-11-7-5-4-6-8-11/h3-8,10H,1,9H2,2H3,(H2,14,17). The molecule has 0 radical (unpaired) electrons. The summed E-state index contributed by atoms with van der Waals surface area (Å²) >= 11 is 0. The molecule has 1 aromatic rings. The van der Waals surface area contributed by atoms with Gasteiger partial charge in [0.05, 0.1) is 6.54 Å². The number of benzene rings is 1. The molecule has 5 heteroatoms. The van der Waals surface area contributed by atoms with Crippen LogP contribution in [-0.4, -0.2) is 23.1 Å². The van der Waals surface area contributed by atoms with E-state index in [-0.39, 0.29) is 6.54 Å². The van der Waals surface area contributed by atoms with Gasteiger partial charge in [-0.3, -0.25) is 4.90 Å². The fraction of sp³-hybridized carbons (Fsp3) is 0.231. The maximum Gasteiger partial charge on any atom is 0.332 e. The van der Waals surface area contributed by atoms with Crippen molar-refractivity contribution in [2.24, 2.45) is 5.73 Å². The Morgan fingerprint density at radius 1 is 1.44 bits per heavy atom. The van der Waals surface area contributed by atoms with E-state index >= 15 is 0 Å². The molecule has 0 aromatic heterocycles. The van der Waals surface area contributed by atoms with Gasteiger partial charge < -0.3 is 10.5 Å². The van der Waals surface area contributed by atoms with Crippen molar-refractivity contribution < 1.29 is 14.3 Å². The van der Waals surface area contributed by atoms with Gasteiger partial charge in [-0.05, 0) is 12.5 Å². The lowest BCUT2D eigenvalue weighted by molar-refractivity contribution is -0.148. The highest BCUT2D eigenvalue weighted by molar-refractivity contribution is 5.81. The van der Waals surface area contributed by atoms with Gasteiger partial charge in [0.25, 0.3) is 0 Å². The van der Waals surface area contributed by atoms with Crippen molar-refractivity contribution in [2.45, 2.75) is 19.7 Å². The van der Waals surface area contributed by atoms with E-state index in [1.54, 1.807) is 6.92 Å². The van der Waals surface area contributed by atoms with Crippen molar-refractivity contribution in [3.8, 4) is 0 Å². The molecule has 0 heterocycles. The van der Waals surface area contributed by atoms with Crippen LogP contribution in [0.25, 0.3) is 0 Å². The number of ether oxygens (including phenoxy) is 1. The van der Waals surface area contributed by atoms with Crippen LogP contribution in [0.4, 0.5) is 4.79 Å². The van der Waals surface area contributed by atoms with Gasteiger partial charge in [0.1, 0.15) is 0 Å². The number of carbonyl (C=O) groups excluding carboxylic acids is 2. The molecular formula is C13H16N2O3. The summed E-state index contributed by atoms with van der Waals surface area (Å²) in [4.78, 5) is 23.7. The van der Waals surface area contributed by atoms with Crippen LogP contribution < -0.4 is 5.73 Å². The summed E-state index contributed by atoms with van der Waals surface area (Å²) in [5.74, 6) is -0.596. The van der Waals surface area contributed by atoms with Crippen LogP contribution >= 0.6 is 0 Å². The molecule has 1 atom stereocenters. The van der Waals surface area contributed by atoms with Crippen LogP contribution in [-0.2, 0) is 16.1 Å². The number of urea groups is 1. The van der Waals surface area contributed by atoms with Crippen LogP contribution in [0.1, 0.15) is 12.5 Å². The van der Waals surface area contributed by atoms with E-state index in [9.17, 15) is 9.59 Å². The minimum atomic E-state index is -0.742. The number of esters is 1. The number of hydrogen-bond donors (Lipinski definition) is 1. The zero-order valence-electron chi connectivity index (χ0n) is 10.2. The fourth-order valence-corrected chi connectivity index (χ4v) is 1.45. The molecule has 0 aliphatic heterocycles. The van der Waals surface area contributed by atoms with Gasteiger partial charge in [0.2, 0.25) is 0 Å². The van der Waals surface area contributed by atoms with Crippen molar-refractivity contribution in [1.82, 2.24) is 4.90 Å². The quantitative estimate of drug-likeness (QED) is 0.489. The van der Waals surface area contributed by atoms with Crippen LogP contribution in [0, 0.1) is 0 Å². The molecule has 0 aliphatic rings. The first-order valence-electron chi connectivity index (χ1n) is 5.47. The second-order valence-corrected chi connectivity index (χ2v) is 3.69. The lowest BCUT2D eigenvalue weighted by Crippen LogP contribution is -2.43. The van der Waals surface area contributed by atoms with Crippen molar-refractivity contribution in [2.75, 3.05) is 0 Å². The number of nitrogens with two attached hydrogens (primary N) is 1. The Hall–Kier alpha value is -2.30. The lowest BCUT2D eigenvalue weighted by atomic mass is 10.2. The molecule has 0 saturated heterocycles.